The normalized spacial score (nSPS) is 12.4. The molecule has 0 unspecified atom stereocenters. The first-order valence-corrected chi connectivity index (χ1v) is 7.13. The first-order valence-electron chi connectivity index (χ1n) is 5.65. The molecule has 1 aromatic rings. The zero-order valence-electron chi connectivity index (χ0n) is 11.3. The Kier molecular flexibility index (Phi) is 4.85. The molecule has 0 aliphatic carbocycles. The maximum atomic E-state index is 13.8. The zero-order chi connectivity index (χ0) is 15.6. The van der Waals surface area contributed by atoms with Gasteiger partial charge in [0.05, 0.1) is 17.7 Å². The van der Waals surface area contributed by atoms with E-state index in [2.05, 4.69) is 4.72 Å². The fourth-order valence-electron chi connectivity index (χ4n) is 1.66. The Morgan fingerprint density at radius 1 is 1.45 bits per heavy atom. The van der Waals surface area contributed by atoms with Crippen molar-refractivity contribution in [1.82, 2.24) is 4.72 Å². The van der Waals surface area contributed by atoms with Crippen LogP contribution in [0.3, 0.4) is 0 Å². The number of aromatic carboxylic acids is 1. The third-order valence-electron chi connectivity index (χ3n) is 2.38. The molecule has 0 atom stereocenters. The average Bonchev–Trinajstić information content (AvgIpc) is 2.26. The molecule has 0 heterocycles. The summed E-state index contributed by atoms with van der Waals surface area (Å²) in [5, 5.41) is 8.71. The number of halogens is 1. The van der Waals surface area contributed by atoms with Crippen LogP contribution >= 0.6 is 0 Å². The quantitative estimate of drug-likeness (QED) is 0.824. The molecular weight excluding hydrogens is 289 g/mol. The largest absolute Gasteiger partial charge is 0.478 e. The monoisotopic (exact) mass is 305 g/mol. The molecule has 0 aliphatic heterocycles. The minimum absolute atomic E-state index is 0.0983. The van der Waals surface area contributed by atoms with Gasteiger partial charge in [0.2, 0.25) is 10.0 Å². The van der Waals surface area contributed by atoms with Gasteiger partial charge < -0.3 is 9.84 Å². The molecule has 20 heavy (non-hydrogen) atoms. The molecule has 0 spiro atoms. The van der Waals surface area contributed by atoms with Gasteiger partial charge in [-0.25, -0.2) is 22.3 Å². The average molecular weight is 305 g/mol. The van der Waals surface area contributed by atoms with Crippen molar-refractivity contribution >= 4 is 16.0 Å². The summed E-state index contributed by atoms with van der Waals surface area (Å²) in [7, 11) is -2.70. The molecule has 1 aromatic carbocycles. The van der Waals surface area contributed by atoms with E-state index in [1.807, 2.05) is 0 Å². The number of carboxylic acids is 1. The minimum atomic E-state index is -4.11. The highest BCUT2D eigenvalue weighted by Crippen LogP contribution is 2.18. The summed E-state index contributed by atoms with van der Waals surface area (Å²) >= 11 is 0. The molecule has 2 N–H and O–H groups in total. The van der Waals surface area contributed by atoms with E-state index in [1.165, 1.54) is 7.11 Å². The summed E-state index contributed by atoms with van der Waals surface area (Å²) < 4.78 is 45.1. The number of nitrogens with one attached hydrogen (secondary N) is 1. The molecule has 0 radical (unpaired) electrons. The Morgan fingerprint density at radius 3 is 2.50 bits per heavy atom. The molecule has 112 valence electrons. The molecule has 0 saturated heterocycles. The van der Waals surface area contributed by atoms with Crippen molar-refractivity contribution in [2.45, 2.75) is 24.3 Å². The third kappa shape index (κ3) is 3.99. The standard InChI is InChI=1S/C12H16FNO5S/c1-12(2,7-19-3)14-20(17,18)10-5-4-8(11(15)16)6-9(10)13/h4-6,14H,7H2,1-3H3,(H,15,16). The summed E-state index contributed by atoms with van der Waals surface area (Å²) in [5.41, 5.74) is -1.25. The molecule has 6 nitrogen and oxygen atoms in total. The number of rotatable bonds is 6. The second-order valence-corrected chi connectivity index (χ2v) is 6.52. The maximum Gasteiger partial charge on any atom is 0.335 e. The Morgan fingerprint density at radius 2 is 2.05 bits per heavy atom. The number of hydrogen-bond donors (Lipinski definition) is 2. The molecule has 0 aromatic heterocycles. The van der Waals surface area contributed by atoms with E-state index < -0.39 is 32.2 Å². The molecular formula is C12H16FNO5S. The highest BCUT2D eigenvalue weighted by molar-refractivity contribution is 7.89. The van der Waals surface area contributed by atoms with Crippen LogP contribution in [0.15, 0.2) is 23.1 Å². The molecule has 0 bridgehead atoms. The van der Waals surface area contributed by atoms with Crippen LogP contribution in [0.1, 0.15) is 24.2 Å². The summed E-state index contributed by atoms with van der Waals surface area (Å²) in [6.45, 7) is 3.26. The van der Waals surface area contributed by atoms with Crippen LogP contribution in [-0.2, 0) is 14.8 Å². The smallest absolute Gasteiger partial charge is 0.335 e. The van der Waals surface area contributed by atoms with E-state index in [0.717, 1.165) is 12.1 Å². The van der Waals surface area contributed by atoms with Crippen LogP contribution in [0.2, 0.25) is 0 Å². The van der Waals surface area contributed by atoms with E-state index in [-0.39, 0.29) is 12.2 Å². The van der Waals surface area contributed by atoms with Gasteiger partial charge in [0.1, 0.15) is 10.7 Å². The van der Waals surface area contributed by atoms with E-state index in [9.17, 15) is 17.6 Å². The van der Waals surface area contributed by atoms with E-state index in [4.69, 9.17) is 9.84 Å². The summed E-state index contributed by atoms with van der Waals surface area (Å²) in [6.07, 6.45) is 0. The van der Waals surface area contributed by atoms with Gasteiger partial charge in [-0.05, 0) is 32.0 Å². The summed E-state index contributed by atoms with van der Waals surface area (Å²) in [6, 6.07) is 2.62. The number of ether oxygens (including phenoxy) is 1. The lowest BCUT2D eigenvalue weighted by Crippen LogP contribution is -2.46. The highest BCUT2D eigenvalue weighted by atomic mass is 32.2. The van der Waals surface area contributed by atoms with Crippen molar-refractivity contribution in [2.24, 2.45) is 0 Å². The zero-order valence-corrected chi connectivity index (χ0v) is 12.1. The van der Waals surface area contributed by atoms with Gasteiger partial charge in [-0.1, -0.05) is 0 Å². The second-order valence-electron chi connectivity index (χ2n) is 4.87. The van der Waals surface area contributed by atoms with Crippen LogP contribution in [0.5, 0.6) is 0 Å². The lowest BCUT2D eigenvalue weighted by molar-refractivity contribution is 0.0696. The highest BCUT2D eigenvalue weighted by Gasteiger charge is 2.28. The van der Waals surface area contributed by atoms with Gasteiger partial charge in [0, 0.05) is 7.11 Å². The van der Waals surface area contributed by atoms with Crippen LogP contribution in [0.25, 0.3) is 0 Å². The van der Waals surface area contributed by atoms with Crippen molar-refractivity contribution in [3.63, 3.8) is 0 Å². The van der Waals surface area contributed by atoms with Gasteiger partial charge in [-0.3, -0.25) is 0 Å². The summed E-state index contributed by atoms with van der Waals surface area (Å²) in [5.74, 6) is -2.45. The lowest BCUT2D eigenvalue weighted by Gasteiger charge is -2.25. The van der Waals surface area contributed by atoms with Crippen LogP contribution in [-0.4, -0.2) is 38.7 Å². The Bertz CT molecular complexity index is 612. The van der Waals surface area contributed by atoms with Gasteiger partial charge in [0.15, 0.2) is 0 Å². The number of carbonyl (C=O) groups is 1. The fraction of sp³-hybridized carbons (Fsp3) is 0.417. The van der Waals surface area contributed by atoms with Crippen molar-refractivity contribution in [2.75, 3.05) is 13.7 Å². The molecule has 8 heteroatoms. The SMILES string of the molecule is COCC(C)(C)NS(=O)(=O)c1ccc(C(=O)O)cc1F. The number of methoxy groups -OCH3 is 1. The number of sulfonamides is 1. The number of carboxylic acid groups (broad SMARTS) is 1. The Hall–Kier alpha value is -1.51. The molecule has 0 saturated carbocycles. The van der Waals surface area contributed by atoms with Crippen LogP contribution < -0.4 is 4.72 Å². The fourth-order valence-corrected chi connectivity index (χ4v) is 3.12. The van der Waals surface area contributed by atoms with Crippen molar-refractivity contribution in [3.05, 3.63) is 29.6 Å². The second kappa shape index (κ2) is 5.86. The van der Waals surface area contributed by atoms with E-state index in [0.29, 0.717) is 6.07 Å². The lowest BCUT2D eigenvalue weighted by atomic mass is 10.1. The molecule has 0 amide bonds. The molecule has 1 rings (SSSR count). The van der Waals surface area contributed by atoms with Crippen molar-refractivity contribution < 1.29 is 27.4 Å². The van der Waals surface area contributed by atoms with E-state index in [1.54, 1.807) is 13.8 Å². The third-order valence-corrected chi connectivity index (χ3v) is 4.12. The predicted molar refractivity (Wildman–Crippen MR) is 69.6 cm³/mol. The predicted octanol–water partition coefficient (Wildman–Crippen LogP) is 1.23. The molecule has 0 fully saturated rings. The van der Waals surface area contributed by atoms with Gasteiger partial charge >= 0.3 is 5.97 Å². The molecule has 0 aliphatic rings. The number of benzene rings is 1. The summed E-state index contributed by atoms with van der Waals surface area (Å²) in [4.78, 5) is 10.1. The maximum absolute atomic E-state index is 13.8. The van der Waals surface area contributed by atoms with Crippen LogP contribution in [0.4, 0.5) is 4.39 Å². The Labute approximate surface area is 116 Å². The van der Waals surface area contributed by atoms with E-state index >= 15 is 0 Å². The van der Waals surface area contributed by atoms with Gasteiger partial charge in [0.25, 0.3) is 0 Å². The first kappa shape index (κ1) is 16.5. The Balaban J connectivity index is 3.14. The van der Waals surface area contributed by atoms with Crippen molar-refractivity contribution in [3.8, 4) is 0 Å². The van der Waals surface area contributed by atoms with Gasteiger partial charge in [-0.15, -0.1) is 0 Å². The number of hydrogen-bond acceptors (Lipinski definition) is 4. The van der Waals surface area contributed by atoms with Crippen molar-refractivity contribution in [1.29, 1.82) is 0 Å². The topological polar surface area (TPSA) is 92.7 Å². The van der Waals surface area contributed by atoms with Crippen LogP contribution in [0, 0.1) is 5.82 Å². The first-order chi connectivity index (χ1) is 9.09. The van der Waals surface area contributed by atoms with Gasteiger partial charge in [-0.2, -0.15) is 0 Å². The minimum Gasteiger partial charge on any atom is -0.478 e.